The predicted molar refractivity (Wildman–Crippen MR) is 99.7 cm³/mol. The number of rotatable bonds is 3. The molecule has 1 heterocycles. The fourth-order valence-electron chi connectivity index (χ4n) is 3.36. The molecule has 2 amide bonds. The van der Waals surface area contributed by atoms with Crippen molar-refractivity contribution < 1.29 is 13.2 Å². The molecule has 0 spiro atoms. The van der Waals surface area contributed by atoms with E-state index < -0.39 is 16.1 Å². The summed E-state index contributed by atoms with van der Waals surface area (Å²) < 4.78 is 26.6. The number of hydrogen-bond donors (Lipinski definition) is 2. The summed E-state index contributed by atoms with van der Waals surface area (Å²) in [5.74, 6) is 0. The topological polar surface area (TPSA) is 88.2 Å². The van der Waals surface area contributed by atoms with Crippen molar-refractivity contribution in [1.29, 1.82) is 0 Å². The number of urea groups is 1. The van der Waals surface area contributed by atoms with Crippen LogP contribution in [0.3, 0.4) is 0 Å². The molecule has 1 fully saturated rings. The highest BCUT2D eigenvalue weighted by Crippen LogP contribution is 2.36. The molecule has 2 N–H and O–H groups in total. The molecular weight excluding hydrogens is 350 g/mol. The summed E-state index contributed by atoms with van der Waals surface area (Å²) in [6.07, 6.45) is 10.4. The monoisotopic (exact) mass is 373 g/mol. The second kappa shape index (κ2) is 7.86. The molecule has 7 heteroatoms. The van der Waals surface area contributed by atoms with E-state index in [0.717, 1.165) is 56.1 Å². The van der Waals surface area contributed by atoms with Gasteiger partial charge >= 0.3 is 6.03 Å². The number of nitrogens with one attached hydrogen (secondary N) is 2. The highest BCUT2D eigenvalue weighted by molar-refractivity contribution is 7.90. The van der Waals surface area contributed by atoms with Gasteiger partial charge in [-0.05, 0) is 73.8 Å². The quantitative estimate of drug-likeness (QED) is 0.848. The summed E-state index contributed by atoms with van der Waals surface area (Å²) in [5, 5.41) is 2.55. The van der Waals surface area contributed by atoms with Gasteiger partial charge in [0.05, 0.1) is 0 Å². The van der Waals surface area contributed by atoms with E-state index in [1.54, 1.807) is 12.1 Å². The Kier molecular flexibility index (Phi) is 5.56. The van der Waals surface area contributed by atoms with Crippen LogP contribution in [0.25, 0.3) is 0 Å². The lowest BCUT2D eigenvalue weighted by molar-refractivity contribution is 0.248. The van der Waals surface area contributed by atoms with Gasteiger partial charge in [0.15, 0.2) is 5.03 Å². The summed E-state index contributed by atoms with van der Waals surface area (Å²) >= 11 is 0. The first kappa shape index (κ1) is 18.4. The van der Waals surface area contributed by atoms with E-state index >= 15 is 0 Å². The van der Waals surface area contributed by atoms with E-state index in [-0.39, 0.29) is 5.03 Å². The minimum atomic E-state index is -4.01. The molecule has 26 heavy (non-hydrogen) atoms. The molecule has 0 aromatic carbocycles. The fraction of sp³-hybridized carbons (Fsp3) is 0.368. The molecule has 1 saturated carbocycles. The predicted octanol–water partition coefficient (Wildman–Crippen LogP) is 3.56. The van der Waals surface area contributed by atoms with Crippen LogP contribution in [0.1, 0.15) is 44.9 Å². The smallest absolute Gasteiger partial charge is 0.307 e. The Morgan fingerprint density at radius 2 is 1.96 bits per heavy atom. The zero-order chi connectivity index (χ0) is 18.6. The highest BCUT2D eigenvalue weighted by atomic mass is 32.2. The van der Waals surface area contributed by atoms with E-state index in [1.807, 2.05) is 4.72 Å². The van der Waals surface area contributed by atoms with Gasteiger partial charge in [-0.3, -0.25) is 0 Å². The van der Waals surface area contributed by atoms with Gasteiger partial charge in [0.1, 0.15) is 0 Å². The van der Waals surface area contributed by atoms with Gasteiger partial charge < -0.3 is 5.32 Å². The van der Waals surface area contributed by atoms with Gasteiger partial charge in [0, 0.05) is 11.9 Å². The van der Waals surface area contributed by atoms with Crippen LogP contribution in [-0.4, -0.2) is 19.4 Å². The first-order valence-electron chi connectivity index (χ1n) is 8.83. The van der Waals surface area contributed by atoms with E-state index in [4.69, 9.17) is 0 Å². The molecule has 0 bridgehead atoms. The number of carbonyl (C=O) groups is 1. The van der Waals surface area contributed by atoms with Gasteiger partial charge in [0.25, 0.3) is 10.0 Å². The Morgan fingerprint density at radius 3 is 2.73 bits per heavy atom. The maximum absolute atomic E-state index is 12.4. The van der Waals surface area contributed by atoms with Crippen molar-refractivity contribution in [2.45, 2.75) is 50.0 Å². The summed E-state index contributed by atoms with van der Waals surface area (Å²) in [6, 6.07) is 3.72. The van der Waals surface area contributed by atoms with E-state index in [1.165, 1.54) is 17.8 Å². The average Bonchev–Trinajstić information content (AvgIpc) is 3.08. The van der Waals surface area contributed by atoms with Gasteiger partial charge in [0.2, 0.25) is 0 Å². The number of hydrogen-bond acceptors (Lipinski definition) is 4. The van der Waals surface area contributed by atoms with Crippen LogP contribution in [0.2, 0.25) is 0 Å². The molecule has 1 aromatic rings. The van der Waals surface area contributed by atoms with Crippen LogP contribution in [0.15, 0.2) is 64.5 Å². The molecule has 138 valence electrons. The molecule has 1 aromatic heterocycles. The minimum absolute atomic E-state index is 0.192. The molecule has 2 aliphatic rings. The number of pyridine rings is 1. The van der Waals surface area contributed by atoms with Crippen LogP contribution >= 0.6 is 0 Å². The van der Waals surface area contributed by atoms with Gasteiger partial charge in [-0.2, -0.15) is 8.42 Å². The van der Waals surface area contributed by atoms with Gasteiger partial charge in [-0.1, -0.05) is 18.7 Å². The van der Waals surface area contributed by atoms with Crippen molar-refractivity contribution in [3.05, 3.63) is 59.5 Å². The third kappa shape index (κ3) is 4.22. The van der Waals surface area contributed by atoms with E-state index in [0.29, 0.717) is 5.70 Å². The number of nitrogens with zero attached hydrogens (tertiary/aromatic N) is 1. The molecule has 2 aliphatic carbocycles. The Morgan fingerprint density at radius 1 is 1.12 bits per heavy atom. The summed E-state index contributed by atoms with van der Waals surface area (Å²) in [5.41, 5.74) is 3.85. The Balaban J connectivity index is 1.82. The summed E-state index contributed by atoms with van der Waals surface area (Å²) in [4.78, 5) is 16.2. The lowest BCUT2D eigenvalue weighted by atomic mass is 10.0. The van der Waals surface area contributed by atoms with Crippen molar-refractivity contribution >= 4 is 16.1 Å². The maximum atomic E-state index is 12.4. The zero-order valence-corrected chi connectivity index (χ0v) is 15.4. The second-order valence-corrected chi connectivity index (χ2v) is 8.14. The number of fused-ring (bicyclic) bond motifs is 1. The van der Waals surface area contributed by atoms with Crippen molar-refractivity contribution in [3.8, 4) is 0 Å². The van der Waals surface area contributed by atoms with Crippen molar-refractivity contribution in [2.24, 2.45) is 0 Å². The number of sulfonamides is 1. The lowest BCUT2D eigenvalue weighted by Gasteiger charge is -2.17. The van der Waals surface area contributed by atoms with Crippen LogP contribution in [0, 0.1) is 0 Å². The molecule has 0 atom stereocenters. The fourth-order valence-corrected chi connectivity index (χ4v) is 4.22. The van der Waals surface area contributed by atoms with Gasteiger partial charge in [-0.25, -0.2) is 14.5 Å². The van der Waals surface area contributed by atoms with Gasteiger partial charge in [-0.15, -0.1) is 0 Å². The molecule has 0 unspecified atom stereocenters. The number of amides is 2. The van der Waals surface area contributed by atoms with Crippen molar-refractivity contribution in [3.63, 3.8) is 0 Å². The first-order valence-corrected chi connectivity index (χ1v) is 10.3. The third-order valence-corrected chi connectivity index (χ3v) is 5.86. The first-order chi connectivity index (χ1) is 12.5. The van der Waals surface area contributed by atoms with Crippen LogP contribution in [0.4, 0.5) is 4.79 Å². The maximum Gasteiger partial charge on any atom is 0.333 e. The lowest BCUT2D eigenvalue weighted by Crippen LogP contribution is -2.40. The molecule has 3 rings (SSSR count). The Hall–Kier alpha value is -2.41. The molecule has 6 nitrogen and oxygen atoms in total. The van der Waals surface area contributed by atoms with Crippen molar-refractivity contribution in [1.82, 2.24) is 15.0 Å². The Labute approximate surface area is 154 Å². The highest BCUT2D eigenvalue weighted by Gasteiger charge is 2.24. The molecule has 0 saturated heterocycles. The molecule has 0 radical (unpaired) electrons. The Bertz CT molecular complexity index is 871. The van der Waals surface area contributed by atoms with Crippen LogP contribution < -0.4 is 10.0 Å². The largest absolute Gasteiger partial charge is 0.333 e. The van der Waals surface area contributed by atoms with Crippen LogP contribution in [-0.2, 0) is 10.0 Å². The number of carbonyl (C=O) groups excluding carboxylic acids is 1. The normalized spacial score (nSPS) is 23.1. The number of aromatic nitrogens is 1. The SMILES string of the molecule is C=C1CCCC/C=C2/CCC/C2=C/1NC(=O)NS(=O)(=O)c1ccccn1. The molecular formula is C19H23N3O3S. The minimum Gasteiger partial charge on any atom is -0.307 e. The summed E-state index contributed by atoms with van der Waals surface area (Å²) in [7, 11) is -4.01. The molecule has 0 aliphatic heterocycles. The number of allylic oxidation sites excluding steroid dienone is 4. The average molecular weight is 373 g/mol. The van der Waals surface area contributed by atoms with Crippen molar-refractivity contribution in [2.75, 3.05) is 0 Å². The third-order valence-electron chi connectivity index (χ3n) is 4.62. The standard InChI is InChI=1S/C19H23N3O3S/c1-14-8-3-2-4-9-15-10-7-11-16(15)18(14)21-19(23)22-26(24,25)17-12-5-6-13-20-17/h5-6,9,12-13H,1-4,7-8,10-11H2,(H2,21,22,23)/b15-9-,18-16+. The van der Waals surface area contributed by atoms with E-state index in [9.17, 15) is 13.2 Å². The summed E-state index contributed by atoms with van der Waals surface area (Å²) in [6.45, 7) is 4.12. The second-order valence-electron chi connectivity index (χ2n) is 6.51. The van der Waals surface area contributed by atoms with E-state index in [2.05, 4.69) is 23.0 Å². The van der Waals surface area contributed by atoms with Crippen LogP contribution in [0.5, 0.6) is 0 Å². The zero-order valence-electron chi connectivity index (χ0n) is 14.6.